The molecule has 1 aromatic carbocycles. The molecule has 23 heavy (non-hydrogen) atoms. The molecule has 2 rings (SSSR count). The third-order valence-corrected chi connectivity index (χ3v) is 4.53. The number of aliphatic hydroxyl groups is 1. The van der Waals surface area contributed by atoms with E-state index in [1.807, 2.05) is 0 Å². The third-order valence-electron chi connectivity index (χ3n) is 4.30. The first-order valence-electron chi connectivity index (χ1n) is 8.10. The number of carbonyl (C=O) groups excluding carboxylic acids is 1. The lowest BCUT2D eigenvalue weighted by atomic mass is 9.86. The van der Waals surface area contributed by atoms with Gasteiger partial charge >= 0.3 is 0 Å². The zero-order valence-electron chi connectivity index (χ0n) is 13.5. The zero-order valence-corrected chi connectivity index (χ0v) is 14.2. The Labute approximate surface area is 142 Å². The summed E-state index contributed by atoms with van der Waals surface area (Å²) in [6, 6.07) is 5.59. The molecule has 0 aliphatic heterocycles. The second-order valence-corrected chi connectivity index (χ2v) is 6.43. The van der Waals surface area contributed by atoms with Crippen LogP contribution in [0.1, 0.15) is 32.1 Å². The van der Waals surface area contributed by atoms with Gasteiger partial charge in [0.1, 0.15) is 5.75 Å². The van der Waals surface area contributed by atoms with Crippen LogP contribution in [0, 0.1) is 5.92 Å². The van der Waals surface area contributed by atoms with Crippen molar-refractivity contribution in [1.29, 1.82) is 0 Å². The fourth-order valence-electron chi connectivity index (χ4n) is 2.92. The van der Waals surface area contributed by atoms with Gasteiger partial charge in [0.25, 0.3) is 0 Å². The van der Waals surface area contributed by atoms with Gasteiger partial charge in [0, 0.05) is 30.6 Å². The maximum atomic E-state index is 12.0. The zero-order chi connectivity index (χ0) is 16.7. The molecule has 0 bridgehead atoms. The van der Waals surface area contributed by atoms with Crippen LogP contribution in [0.3, 0.4) is 0 Å². The molecule has 1 saturated carbocycles. The number of ether oxygens (including phenoxy) is 1. The highest BCUT2D eigenvalue weighted by atomic mass is 35.5. The molecule has 1 fully saturated rings. The fraction of sp³-hybridized carbons (Fsp3) is 0.588. The Balaban J connectivity index is 1.72. The van der Waals surface area contributed by atoms with Gasteiger partial charge in [0.2, 0.25) is 5.91 Å². The van der Waals surface area contributed by atoms with E-state index in [0.717, 1.165) is 31.4 Å². The van der Waals surface area contributed by atoms with E-state index in [1.54, 1.807) is 25.3 Å². The van der Waals surface area contributed by atoms with E-state index < -0.39 is 0 Å². The Morgan fingerprint density at radius 3 is 2.74 bits per heavy atom. The van der Waals surface area contributed by atoms with Crippen LogP contribution < -0.4 is 15.4 Å². The summed E-state index contributed by atoms with van der Waals surface area (Å²) in [5.41, 5.74) is 0.788. The number of hydrogen-bond acceptors (Lipinski definition) is 4. The molecule has 0 unspecified atom stereocenters. The number of amides is 1. The number of hydrogen-bond donors (Lipinski definition) is 3. The lowest BCUT2D eigenvalue weighted by molar-refractivity contribution is -0.121. The van der Waals surface area contributed by atoms with Crippen LogP contribution in [0.2, 0.25) is 5.02 Å². The van der Waals surface area contributed by atoms with Crippen LogP contribution in [0.5, 0.6) is 5.75 Å². The van der Waals surface area contributed by atoms with E-state index in [1.165, 1.54) is 0 Å². The lowest BCUT2D eigenvalue weighted by Gasteiger charge is -2.28. The smallest absolute Gasteiger partial charge is 0.221 e. The molecule has 3 N–H and O–H groups in total. The molecule has 128 valence electrons. The molecule has 0 radical (unpaired) electrons. The molecule has 1 amide bonds. The number of anilines is 1. The van der Waals surface area contributed by atoms with Crippen LogP contribution in [0.25, 0.3) is 0 Å². The summed E-state index contributed by atoms with van der Waals surface area (Å²) in [7, 11) is 1.60. The van der Waals surface area contributed by atoms with Gasteiger partial charge < -0.3 is 20.5 Å². The molecule has 5 nitrogen and oxygen atoms in total. The Morgan fingerprint density at radius 2 is 2.09 bits per heavy atom. The van der Waals surface area contributed by atoms with Crippen LogP contribution in [0.15, 0.2) is 18.2 Å². The lowest BCUT2D eigenvalue weighted by Crippen LogP contribution is -2.38. The molecule has 1 aromatic rings. The van der Waals surface area contributed by atoms with Crippen LogP contribution >= 0.6 is 11.6 Å². The number of halogens is 1. The first kappa shape index (κ1) is 17.9. The van der Waals surface area contributed by atoms with Gasteiger partial charge in [-0.1, -0.05) is 11.6 Å². The van der Waals surface area contributed by atoms with Gasteiger partial charge in [-0.2, -0.15) is 0 Å². The summed E-state index contributed by atoms with van der Waals surface area (Å²) in [6.07, 6.45) is 4.27. The van der Waals surface area contributed by atoms with E-state index in [4.69, 9.17) is 21.4 Å². The van der Waals surface area contributed by atoms with Crippen LogP contribution in [-0.4, -0.2) is 37.3 Å². The number of nitrogens with one attached hydrogen (secondary N) is 2. The molecule has 0 saturated heterocycles. The average molecular weight is 341 g/mol. The van der Waals surface area contributed by atoms with Crippen molar-refractivity contribution in [3.63, 3.8) is 0 Å². The van der Waals surface area contributed by atoms with Crippen LogP contribution in [-0.2, 0) is 4.79 Å². The quantitative estimate of drug-likeness (QED) is 0.713. The molecule has 0 atom stereocenters. The Bertz CT molecular complexity index is 517. The van der Waals surface area contributed by atoms with Crippen molar-refractivity contribution in [3.8, 4) is 5.75 Å². The van der Waals surface area contributed by atoms with Gasteiger partial charge in [-0.05, 0) is 49.8 Å². The Hall–Kier alpha value is -1.46. The van der Waals surface area contributed by atoms with Gasteiger partial charge in [-0.25, -0.2) is 0 Å². The number of rotatable bonds is 7. The highest BCUT2D eigenvalue weighted by molar-refractivity contribution is 6.30. The second kappa shape index (κ2) is 8.99. The maximum Gasteiger partial charge on any atom is 0.221 e. The van der Waals surface area contributed by atoms with Crippen molar-refractivity contribution in [2.75, 3.05) is 25.6 Å². The first-order valence-corrected chi connectivity index (χ1v) is 8.47. The molecule has 0 aromatic heterocycles. The molecule has 1 aliphatic carbocycles. The van der Waals surface area contributed by atoms with E-state index in [2.05, 4.69) is 10.6 Å². The number of aliphatic hydroxyl groups excluding tert-OH is 1. The summed E-state index contributed by atoms with van der Waals surface area (Å²) in [6.45, 7) is 0.778. The Morgan fingerprint density at radius 1 is 1.35 bits per heavy atom. The molecule has 0 spiro atoms. The van der Waals surface area contributed by atoms with Crippen molar-refractivity contribution in [1.82, 2.24) is 5.32 Å². The SMILES string of the molecule is COc1ccc(Cl)cc1NCCC(=O)NC1CCC(CO)CC1. The summed E-state index contributed by atoms with van der Waals surface area (Å²) in [5.74, 6) is 1.16. The van der Waals surface area contributed by atoms with E-state index in [9.17, 15) is 4.79 Å². The summed E-state index contributed by atoms with van der Waals surface area (Å²) in [4.78, 5) is 12.0. The largest absolute Gasteiger partial charge is 0.495 e. The third kappa shape index (κ3) is 5.59. The van der Waals surface area contributed by atoms with Crippen molar-refractivity contribution in [3.05, 3.63) is 23.2 Å². The predicted octanol–water partition coefficient (Wildman–Crippen LogP) is 2.82. The van der Waals surface area contributed by atoms with Gasteiger partial charge in [0.15, 0.2) is 0 Å². The topological polar surface area (TPSA) is 70.6 Å². The standard InChI is InChI=1S/C17H25ClN2O3/c1-23-16-7-4-13(18)10-15(16)19-9-8-17(22)20-14-5-2-12(11-21)3-6-14/h4,7,10,12,14,19,21H,2-3,5-6,8-9,11H2,1H3,(H,20,22). The minimum Gasteiger partial charge on any atom is -0.495 e. The van der Waals surface area contributed by atoms with E-state index >= 15 is 0 Å². The van der Waals surface area contributed by atoms with Crippen LogP contribution in [0.4, 0.5) is 5.69 Å². The summed E-state index contributed by atoms with van der Waals surface area (Å²) < 4.78 is 5.26. The van der Waals surface area contributed by atoms with Crippen molar-refractivity contribution < 1.29 is 14.6 Å². The van der Waals surface area contributed by atoms with E-state index in [-0.39, 0.29) is 18.6 Å². The molecule has 6 heteroatoms. The summed E-state index contributed by atoms with van der Waals surface area (Å²) in [5, 5.41) is 16.0. The Kier molecular flexibility index (Phi) is 6.99. The maximum absolute atomic E-state index is 12.0. The number of benzene rings is 1. The molecular formula is C17H25ClN2O3. The fourth-order valence-corrected chi connectivity index (χ4v) is 3.09. The monoisotopic (exact) mass is 340 g/mol. The predicted molar refractivity (Wildman–Crippen MR) is 92.1 cm³/mol. The highest BCUT2D eigenvalue weighted by Gasteiger charge is 2.21. The number of carbonyl (C=O) groups is 1. The van der Waals surface area contributed by atoms with Gasteiger partial charge in [-0.3, -0.25) is 4.79 Å². The molecule has 0 heterocycles. The highest BCUT2D eigenvalue weighted by Crippen LogP contribution is 2.27. The second-order valence-electron chi connectivity index (χ2n) is 5.99. The normalized spacial score (nSPS) is 20.8. The average Bonchev–Trinajstić information content (AvgIpc) is 2.56. The van der Waals surface area contributed by atoms with Crippen molar-refractivity contribution >= 4 is 23.2 Å². The van der Waals surface area contributed by atoms with E-state index in [0.29, 0.717) is 29.7 Å². The minimum absolute atomic E-state index is 0.0472. The number of methoxy groups -OCH3 is 1. The van der Waals surface area contributed by atoms with Gasteiger partial charge in [-0.15, -0.1) is 0 Å². The molecular weight excluding hydrogens is 316 g/mol. The van der Waals surface area contributed by atoms with Crippen molar-refractivity contribution in [2.24, 2.45) is 5.92 Å². The minimum atomic E-state index is 0.0472. The summed E-state index contributed by atoms with van der Waals surface area (Å²) >= 11 is 5.98. The molecule has 1 aliphatic rings. The first-order chi connectivity index (χ1) is 11.1. The van der Waals surface area contributed by atoms with Crippen molar-refractivity contribution in [2.45, 2.75) is 38.1 Å². The van der Waals surface area contributed by atoms with Gasteiger partial charge in [0.05, 0.1) is 12.8 Å².